The molecule has 0 bridgehead atoms. The van der Waals surface area contributed by atoms with Gasteiger partial charge in [0.2, 0.25) is 0 Å². The Bertz CT molecular complexity index is 626. The molecule has 1 amide bonds. The van der Waals surface area contributed by atoms with Crippen LogP contribution in [0.25, 0.3) is 0 Å². The molecule has 0 saturated carbocycles. The van der Waals surface area contributed by atoms with Crippen LogP contribution in [0.5, 0.6) is 0 Å². The average Bonchev–Trinajstić information content (AvgIpc) is 2.73. The van der Waals surface area contributed by atoms with Gasteiger partial charge in [-0.25, -0.2) is 9.37 Å². The van der Waals surface area contributed by atoms with Gasteiger partial charge in [0.05, 0.1) is 11.4 Å². The SMILES string of the molecule is Nc1nc2c(s1)C(=O)N(c1ccccc1F)CC2. The lowest BCUT2D eigenvalue weighted by atomic mass is 10.1. The highest BCUT2D eigenvalue weighted by molar-refractivity contribution is 7.17. The fraction of sp³-hybridized carbons (Fsp3) is 0.167. The van der Waals surface area contributed by atoms with E-state index in [2.05, 4.69) is 4.98 Å². The van der Waals surface area contributed by atoms with E-state index in [9.17, 15) is 9.18 Å². The minimum Gasteiger partial charge on any atom is -0.375 e. The molecule has 2 aromatic rings. The first-order valence-corrected chi connectivity index (χ1v) is 6.30. The van der Waals surface area contributed by atoms with Crippen molar-refractivity contribution in [1.29, 1.82) is 0 Å². The summed E-state index contributed by atoms with van der Waals surface area (Å²) >= 11 is 1.16. The fourth-order valence-electron chi connectivity index (χ4n) is 2.05. The Balaban J connectivity index is 2.03. The maximum atomic E-state index is 13.7. The minimum atomic E-state index is -0.396. The number of halogens is 1. The number of nitrogen functional groups attached to an aromatic ring is 1. The predicted molar refractivity (Wildman–Crippen MR) is 68.3 cm³/mol. The normalized spacial score (nSPS) is 14.7. The van der Waals surface area contributed by atoms with Crippen molar-refractivity contribution in [2.75, 3.05) is 17.2 Å². The van der Waals surface area contributed by atoms with Gasteiger partial charge in [0, 0.05) is 13.0 Å². The first kappa shape index (κ1) is 11.2. The highest BCUT2D eigenvalue weighted by atomic mass is 32.1. The quantitative estimate of drug-likeness (QED) is 0.856. The lowest BCUT2D eigenvalue weighted by Gasteiger charge is -2.26. The molecule has 18 heavy (non-hydrogen) atoms. The van der Waals surface area contributed by atoms with Crippen molar-refractivity contribution in [2.45, 2.75) is 6.42 Å². The molecule has 2 heterocycles. The summed E-state index contributed by atoms with van der Waals surface area (Å²) in [5.41, 5.74) is 6.62. The maximum absolute atomic E-state index is 13.7. The number of aromatic nitrogens is 1. The van der Waals surface area contributed by atoms with Crippen molar-refractivity contribution in [3.8, 4) is 0 Å². The summed E-state index contributed by atoms with van der Waals surface area (Å²) in [7, 11) is 0. The third-order valence-corrected chi connectivity index (χ3v) is 3.78. The van der Waals surface area contributed by atoms with E-state index in [4.69, 9.17) is 5.73 Å². The molecule has 0 spiro atoms. The zero-order valence-electron chi connectivity index (χ0n) is 9.39. The number of nitrogens with zero attached hydrogens (tertiary/aromatic N) is 2. The second kappa shape index (κ2) is 4.06. The first-order chi connectivity index (χ1) is 8.66. The highest BCUT2D eigenvalue weighted by Gasteiger charge is 2.30. The monoisotopic (exact) mass is 263 g/mol. The van der Waals surface area contributed by atoms with Crippen LogP contribution in [0.2, 0.25) is 0 Å². The van der Waals surface area contributed by atoms with Gasteiger partial charge in [-0.05, 0) is 12.1 Å². The van der Waals surface area contributed by atoms with Crippen LogP contribution in [-0.2, 0) is 6.42 Å². The number of amides is 1. The molecule has 0 saturated heterocycles. The Labute approximate surface area is 107 Å². The van der Waals surface area contributed by atoms with Gasteiger partial charge in [0.25, 0.3) is 5.91 Å². The van der Waals surface area contributed by atoms with Gasteiger partial charge in [-0.3, -0.25) is 4.79 Å². The Morgan fingerprint density at radius 2 is 2.17 bits per heavy atom. The third kappa shape index (κ3) is 1.65. The topological polar surface area (TPSA) is 59.2 Å². The van der Waals surface area contributed by atoms with Gasteiger partial charge in [-0.2, -0.15) is 0 Å². The number of rotatable bonds is 1. The van der Waals surface area contributed by atoms with Crippen LogP contribution in [0.4, 0.5) is 15.2 Å². The zero-order chi connectivity index (χ0) is 12.7. The van der Waals surface area contributed by atoms with Crippen LogP contribution in [0, 0.1) is 5.82 Å². The smallest absolute Gasteiger partial charge is 0.270 e. The lowest BCUT2D eigenvalue weighted by molar-refractivity contribution is 0.0983. The molecule has 0 fully saturated rings. The second-order valence-corrected chi connectivity index (χ2v) is 5.02. The van der Waals surface area contributed by atoms with Crippen LogP contribution < -0.4 is 10.6 Å². The van der Waals surface area contributed by atoms with Crippen molar-refractivity contribution >= 4 is 28.1 Å². The number of hydrogen-bond acceptors (Lipinski definition) is 4. The fourth-order valence-corrected chi connectivity index (χ4v) is 2.88. The van der Waals surface area contributed by atoms with Crippen LogP contribution in [0.3, 0.4) is 0 Å². The van der Waals surface area contributed by atoms with Crippen molar-refractivity contribution in [3.05, 3.63) is 40.7 Å². The number of carbonyl (C=O) groups excluding carboxylic acids is 1. The standard InChI is InChI=1S/C12H10FN3OS/c13-7-3-1-2-4-9(7)16-6-5-8-10(11(16)17)18-12(14)15-8/h1-4H,5-6H2,(H2,14,15). The molecule has 1 aromatic heterocycles. The first-order valence-electron chi connectivity index (χ1n) is 5.48. The van der Waals surface area contributed by atoms with Crippen LogP contribution >= 0.6 is 11.3 Å². The number of nitrogens with two attached hydrogens (primary N) is 1. The molecule has 0 unspecified atom stereocenters. The largest absolute Gasteiger partial charge is 0.375 e. The van der Waals surface area contributed by atoms with Gasteiger partial charge in [0.15, 0.2) is 5.13 Å². The minimum absolute atomic E-state index is 0.226. The number of fused-ring (bicyclic) bond motifs is 1. The summed E-state index contributed by atoms with van der Waals surface area (Å²) in [6.45, 7) is 0.427. The molecule has 1 aliphatic heterocycles. The third-order valence-electron chi connectivity index (χ3n) is 2.87. The number of carbonyl (C=O) groups is 1. The molecule has 92 valence electrons. The number of para-hydroxylation sites is 1. The van der Waals surface area contributed by atoms with E-state index in [0.29, 0.717) is 28.7 Å². The molecule has 1 aliphatic rings. The molecule has 0 radical (unpaired) electrons. The van der Waals surface area contributed by atoms with E-state index in [1.807, 2.05) is 0 Å². The molecule has 3 rings (SSSR count). The van der Waals surface area contributed by atoms with Gasteiger partial charge in [-0.15, -0.1) is 0 Å². The van der Waals surface area contributed by atoms with Crippen molar-refractivity contribution < 1.29 is 9.18 Å². The molecule has 4 nitrogen and oxygen atoms in total. The van der Waals surface area contributed by atoms with E-state index in [0.717, 1.165) is 17.0 Å². The number of hydrogen-bond donors (Lipinski definition) is 1. The molecule has 0 atom stereocenters. The molecular weight excluding hydrogens is 253 g/mol. The van der Waals surface area contributed by atoms with Crippen molar-refractivity contribution in [2.24, 2.45) is 0 Å². The molecule has 6 heteroatoms. The summed E-state index contributed by atoms with van der Waals surface area (Å²) in [4.78, 5) is 18.3. The lowest BCUT2D eigenvalue weighted by Crippen LogP contribution is -2.37. The second-order valence-electron chi connectivity index (χ2n) is 3.99. The average molecular weight is 263 g/mol. The van der Waals surface area contributed by atoms with Gasteiger partial charge < -0.3 is 10.6 Å². The summed E-state index contributed by atoms with van der Waals surface area (Å²) in [6, 6.07) is 6.26. The molecular formula is C12H10FN3OS. The predicted octanol–water partition coefficient (Wildman–Crippen LogP) is 2.07. The number of benzene rings is 1. The van der Waals surface area contributed by atoms with E-state index in [-0.39, 0.29) is 5.91 Å². The van der Waals surface area contributed by atoms with E-state index < -0.39 is 5.82 Å². The summed E-state index contributed by atoms with van der Waals surface area (Å²) in [6.07, 6.45) is 0.600. The van der Waals surface area contributed by atoms with Crippen LogP contribution in [0.1, 0.15) is 15.4 Å². The van der Waals surface area contributed by atoms with Gasteiger partial charge >= 0.3 is 0 Å². The molecule has 2 N–H and O–H groups in total. The number of thiazole rings is 1. The zero-order valence-corrected chi connectivity index (χ0v) is 10.2. The van der Waals surface area contributed by atoms with Crippen LogP contribution in [0.15, 0.2) is 24.3 Å². The summed E-state index contributed by atoms with van der Waals surface area (Å²) in [5.74, 6) is -0.623. The van der Waals surface area contributed by atoms with E-state index >= 15 is 0 Å². The van der Waals surface area contributed by atoms with Gasteiger partial charge in [0.1, 0.15) is 10.7 Å². The van der Waals surface area contributed by atoms with Gasteiger partial charge in [-0.1, -0.05) is 23.5 Å². The summed E-state index contributed by atoms with van der Waals surface area (Å²) < 4.78 is 13.7. The van der Waals surface area contributed by atoms with Crippen LogP contribution in [-0.4, -0.2) is 17.4 Å². The van der Waals surface area contributed by atoms with E-state index in [1.54, 1.807) is 18.2 Å². The Hall–Kier alpha value is -1.95. The Morgan fingerprint density at radius 1 is 1.39 bits per heavy atom. The van der Waals surface area contributed by atoms with Crippen molar-refractivity contribution in [1.82, 2.24) is 4.98 Å². The van der Waals surface area contributed by atoms with Crippen molar-refractivity contribution in [3.63, 3.8) is 0 Å². The summed E-state index contributed by atoms with van der Waals surface area (Å²) in [5, 5.41) is 0.378. The Morgan fingerprint density at radius 3 is 2.94 bits per heavy atom. The Kier molecular flexibility index (Phi) is 2.52. The number of anilines is 2. The highest BCUT2D eigenvalue weighted by Crippen LogP contribution is 2.30. The molecule has 0 aliphatic carbocycles. The molecule has 1 aromatic carbocycles. The van der Waals surface area contributed by atoms with E-state index in [1.165, 1.54) is 11.0 Å². The maximum Gasteiger partial charge on any atom is 0.270 e.